The number of hydrogen-bond acceptors (Lipinski definition) is 3. The number of anilines is 1. The van der Waals surface area contributed by atoms with Crippen molar-refractivity contribution < 1.29 is 9.13 Å². The number of ether oxygens (including phenoxy) is 1. The summed E-state index contributed by atoms with van der Waals surface area (Å²) in [5, 5.41) is 3.22. The third-order valence-corrected chi connectivity index (χ3v) is 4.53. The molecule has 1 fully saturated rings. The van der Waals surface area contributed by atoms with Gasteiger partial charge in [-0.3, -0.25) is 0 Å². The Morgan fingerprint density at radius 3 is 2.67 bits per heavy atom. The number of nitrogens with zero attached hydrogens (tertiary/aromatic N) is 1. The molecule has 0 aliphatic heterocycles. The van der Waals surface area contributed by atoms with Crippen molar-refractivity contribution in [1.29, 1.82) is 0 Å². The van der Waals surface area contributed by atoms with Crippen LogP contribution in [0.15, 0.2) is 18.2 Å². The lowest BCUT2D eigenvalue weighted by Crippen LogP contribution is -2.38. The summed E-state index contributed by atoms with van der Waals surface area (Å²) >= 11 is 0. The Morgan fingerprint density at radius 2 is 2.10 bits per heavy atom. The molecule has 21 heavy (non-hydrogen) atoms. The van der Waals surface area contributed by atoms with Crippen LogP contribution >= 0.6 is 0 Å². The number of hydrogen-bond donors (Lipinski definition) is 1. The van der Waals surface area contributed by atoms with Gasteiger partial charge in [-0.05, 0) is 63.4 Å². The Kier molecular flexibility index (Phi) is 5.59. The predicted octanol–water partition coefficient (Wildman–Crippen LogP) is 3.36. The second-order valence-electron chi connectivity index (χ2n) is 5.98. The third kappa shape index (κ3) is 3.95. The van der Waals surface area contributed by atoms with Gasteiger partial charge in [0.1, 0.15) is 5.82 Å². The highest BCUT2D eigenvalue weighted by Crippen LogP contribution is 2.38. The average molecular weight is 294 g/mol. The van der Waals surface area contributed by atoms with Crippen LogP contribution in [-0.2, 0) is 4.74 Å². The molecule has 1 aliphatic rings. The molecule has 3 nitrogen and oxygen atoms in total. The molecule has 0 saturated heterocycles. The van der Waals surface area contributed by atoms with Gasteiger partial charge in [0, 0.05) is 31.4 Å². The van der Waals surface area contributed by atoms with Crippen molar-refractivity contribution in [3.63, 3.8) is 0 Å². The number of halogens is 1. The first-order valence-corrected chi connectivity index (χ1v) is 7.80. The van der Waals surface area contributed by atoms with Gasteiger partial charge in [0.2, 0.25) is 0 Å². The van der Waals surface area contributed by atoms with Crippen molar-refractivity contribution in [3.05, 3.63) is 29.6 Å². The lowest BCUT2D eigenvalue weighted by Gasteiger charge is -2.34. The lowest BCUT2D eigenvalue weighted by molar-refractivity contribution is 0.202. The van der Waals surface area contributed by atoms with Crippen molar-refractivity contribution in [2.45, 2.75) is 38.8 Å². The van der Waals surface area contributed by atoms with Crippen LogP contribution in [-0.4, -0.2) is 33.4 Å². The maximum absolute atomic E-state index is 13.7. The zero-order valence-corrected chi connectivity index (χ0v) is 13.5. The highest BCUT2D eigenvalue weighted by atomic mass is 19.1. The molecule has 0 bridgehead atoms. The minimum atomic E-state index is -0.179. The largest absolute Gasteiger partial charge is 0.383 e. The summed E-state index contributed by atoms with van der Waals surface area (Å²) in [6.07, 6.45) is 2.59. The molecule has 1 aromatic carbocycles. The Balaban J connectivity index is 2.33. The molecule has 2 rings (SSSR count). The van der Waals surface area contributed by atoms with Crippen LogP contribution in [0.4, 0.5) is 10.1 Å². The Labute approximate surface area is 127 Å². The summed E-state index contributed by atoms with van der Waals surface area (Å²) in [6.45, 7) is 5.85. The quantitative estimate of drug-likeness (QED) is 0.795. The van der Waals surface area contributed by atoms with Crippen molar-refractivity contribution in [2.24, 2.45) is 5.92 Å². The summed E-state index contributed by atoms with van der Waals surface area (Å²) in [4.78, 5) is 2.38. The zero-order valence-electron chi connectivity index (χ0n) is 13.5. The van der Waals surface area contributed by atoms with E-state index >= 15 is 0 Å². The van der Waals surface area contributed by atoms with Gasteiger partial charge in [0.25, 0.3) is 0 Å². The van der Waals surface area contributed by atoms with Gasteiger partial charge in [-0.15, -0.1) is 0 Å². The van der Waals surface area contributed by atoms with Crippen LogP contribution in [0.1, 0.15) is 38.3 Å². The fraction of sp³-hybridized carbons (Fsp3) is 0.647. The highest BCUT2D eigenvalue weighted by molar-refractivity contribution is 5.56. The maximum atomic E-state index is 13.7. The van der Waals surface area contributed by atoms with E-state index in [0.717, 1.165) is 23.7 Å². The molecule has 1 aliphatic carbocycles. The van der Waals surface area contributed by atoms with Crippen molar-refractivity contribution in [1.82, 2.24) is 5.32 Å². The summed E-state index contributed by atoms with van der Waals surface area (Å²) < 4.78 is 18.9. The zero-order chi connectivity index (χ0) is 15.4. The number of methoxy groups -OCH3 is 1. The molecule has 0 spiro atoms. The van der Waals surface area contributed by atoms with Gasteiger partial charge in [-0.1, -0.05) is 0 Å². The normalized spacial score (nSPS) is 17.6. The third-order valence-electron chi connectivity index (χ3n) is 4.53. The Bertz CT molecular complexity index is 462. The number of rotatable bonds is 8. The van der Waals surface area contributed by atoms with E-state index in [0.29, 0.717) is 12.6 Å². The van der Waals surface area contributed by atoms with Gasteiger partial charge in [0.05, 0.1) is 6.61 Å². The average Bonchev–Trinajstić information content (AvgIpc) is 3.32. The van der Waals surface area contributed by atoms with E-state index in [9.17, 15) is 4.39 Å². The minimum Gasteiger partial charge on any atom is -0.383 e. The first kappa shape index (κ1) is 16.2. The SMILES string of the molecule is CNC(C)c1cc(F)ccc1N(CCOC)C(C)C1CC1. The van der Waals surface area contributed by atoms with Crippen LogP contribution in [0.2, 0.25) is 0 Å². The van der Waals surface area contributed by atoms with Gasteiger partial charge in [-0.25, -0.2) is 4.39 Å². The van der Waals surface area contributed by atoms with Crippen LogP contribution < -0.4 is 10.2 Å². The lowest BCUT2D eigenvalue weighted by atomic mass is 10.0. The fourth-order valence-electron chi connectivity index (χ4n) is 2.86. The van der Waals surface area contributed by atoms with Crippen molar-refractivity contribution in [2.75, 3.05) is 32.2 Å². The summed E-state index contributed by atoms with van der Waals surface area (Å²) in [5.41, 5.74) is 2.14. The smallest absolute Gasteiger partial charge is 0.123 e. The molecule has 2 atom stereocenters. The highest BCUT2D eigenvalue weighted by Gasteiger charge is 2.33. The van der Waals surface area contributed by atoms with Gasteiger partial charge >= 0.3 is 0 Å². The standard InChI is InChI=1S/C17H27FN2O/c1-12(19-3)16-11-15(18)7-8-17(16)20(9-10-21-4)13(2)14-5-6-14/h7-8,11-14,19H,5-6,9-10H2,1-4H3. The second kappa shape index (κ2) is 7.23. The van der Waals surface area contributed by atoms with Gasteiger partial charge < -0.3 is 15.0 Å². The van der Waals surface area contributed by atoms with E-state index in [4.69, 9.17) is 4.74 Å². The topological polar surface area (TPSA) is 24.5 Å². The van der Waals surface area contributed by atoms with E-state index in [1.54, 1.807) is 19.2 Å². The van der Waals surface area contributed by atoms with E-state index in [2.05, 4.69) is 24.1 Å². The Morgan fingerprint density at radius 1 is 1.38 bits per heavy atom. The van der Waals surface area contributed by atoms with Crippen molar-refractivity contribution in [3.8, 4) is 0 Å². The molecular weight excluding hydrogens is 267 g/mol. The molecule has 1 N–H and O–H groups in total. The van der Waals surface area contributed by atoms with E-state index < -0.39 is 0 Å². The molecule has 2 unspecified atom stereocenters. The number of benzene rings is 1. The maximum Gasteiger partial charge on any atom is 0.123 e. The Hall–Kier alpha value is -1.13. The van der Waals surface area contributed by atoms with E-state index in [1.807, 2.05) is 13.1 Å². The minimum absolute atomic E-state index is 0.118. The summed E-state index contributed by atoms with van der Waals surface area (Å²) in [6, 6.07) is 5.70. The first-order chi connectivity index (χ1) is 10.1. The molecule has 0 aromatic heterocycles. The van der Waals surface area contributed by atoms with Crippen molar-refractivity contribution >= 4 is 5.69 Å². The molecule has 1 saturated carbocycles. The molecule has 118 valence electrons. The van der Waals surface area contributed by atoms with Crippen LogP contribution in [0.25, 0.3) is 0 Å². The monoisotopic (exact) mass is 294 g/mol. The summed E-state index contributed by atoms with van der Waals surface area (Å²) in [5.74, 6) is 0.575. The molecule has 0 amide bonds. The molecular formula is C17H27FN2O. The first-order valence-electron chi connectivity index (χ1n) is 7.80. The molecule has 0 heterocycles. The number of nitrogens with one attached hydrogen (secondary N) is 1. The molecule has 1 aromatic rings. The summed E-state index contributed by atoms with van der Waals surface area (Å²) in [7, 11) is 3.63. The molecule has 0 radical (unpaired) electrons. The fourth-order valence-corrected chi connectivity index (χ4v) is 2.86. The van der Waals surface area contributed by atoms with Crippen LogP contribution in [0, 0.1) is 11.7 Å². The van der Waals surface area contributed by atoms with Gasteiger partial charge in [0.15, 0.2) is 0 Å². The predicted molar refractivity (Wildman–Crippen MR) is 85.3 cm³/mol. The van der Waals surface area contributed by atoms with Crippen LogP contribution in [0.5, 0.6) is 0 Å². The van der Waals surface area contributed by atoms with Gasteiger partial charge in [-0.2, -0.15) is 0 Å². The second-order valence-corrected chi connectivity index (χ2v) is 5.98. The molecule has 4 heteroatoms. The van der Waals surface area contributed by atoms with Crippen LogP contribution in [0.3, 0.4) is 0 Å². The van der Waals surface area contributed by atoms with E-state index in [-0.39, 0.29) is 11.9 Å². The van der Waals surface area contributed by atoms with E-state index in [1.165, 1.54) is 12.8 Å².